The van der Waals surface area contributed by atoms with Crippen molar-refractivity contribution in [3.63, 3.8) is 0 Å². The quantitative estimate of drug-likeness (QED) is 0.786. The molecule has 14 heavy (non-hydrogen) atoms. The van der Waals surface area contributed by atoms with Gasteiger partial charge in [0, 0.05) is 6.54 Å². The summed E-state index contributed by atoms with van der Waals surface area (Å²) in [4.78, 5) is 0. The fourth-order valence-electron chi connectivity index (χ4n) is 1.11. The first-order valence-electron chi connectivity index (χ1n) is 4.86. The summed E-state index contributed by atoms with van der Waals surface area (Å²) in [6, 6.07) is 0. The third-order valence-electron chi connectivity index (χ3n) is 2.41. The molecule has 0 radical (unpaired) electrons. The molecule has 80 valence electrons. The number of aliphatic hydroxyl groups is 1. The van der Waals surface area contributed by atoms with E-state index in [9.17, 15) is 5.11 Å². The summed E-state index contributed by atoms with van der Waals surface area (Å²) in [5, 5.41) is 22.6. The van der Waals surface area contributed by atoms with Gasteiger partial charge in [0.2, 0.25) is 5.13 Å². The van der Waals surface area contributed by atoms with Crippen molar-refractivity contribution < 1.29 is 5.11 Å². The molecule has 0 atom stereocenters. The topological polar surface area (TPSA) is 58.0 Å². The molecule has 0 aromatic carbocycles. The minimum absolute atomic E-state index is 0.536. The second-order valence-corrected chi connectivity index (χ2v) is 4.59. The second-order valence-electron chi connectivity index (χ2n) is 3.41. The number of hydrogen-bond acceptors (Lipinski definition) is 5. The molecule has 0 saturated carbocycles. The van der Waals surface area contributed by atoms with Crippen molar-refractivity contribution in [3.8, 4) is 0 Å². The Kier molecular flexibility index (Phi) is 3.83. The maximum absolute atomic E-state index is 9.99. The lowest BCUT2D eigenvalue weighted by Gasteiger charge is -2.24. The first-order chi connectivity index (χ1) is 6.59. The number of aromatic nitrogens is 2. The molecule has 0 aliphatic heterocycles. The summed E-state index contributed by atoms with van der Waals surface area (Å²) in [5.41, 5.74) is -0.625. The Labute approximate surface area is 88.4 Å². The average molecular weight is 215 g/mol. The maximum Gasteiger partial charge on any atom is 0.205 e. The van der Waals surface area contributed by atoms with E-state index in [0.29, 0.717) is 6.54 Å². The van der Waals surface area contributed by atoms with Crippen LogP contribution in [0.4, 0.5) is 5.13 Å². The van der Waals surface area contributed by atoms with E-state index >= 15 is 0 Å². The van der Waals surface area contributed by atoms with E-state index in [1.165, 1.54) is 11.3 Å². The number of nitrogens with one attached hydrogen (secondary N) is 1. The predicted octanol–water partition coefficient (Wildman–Crippen LogP) is 1.81. The Balaban J connectivity index is 2.47. The monoisotopic (exact) mass is 215 g/mol. The third kappa shape index (κ3) is 2.92. The molecule has 0 saturated heterocycles. The minimum atomic E-state index is -0.625. The Bertz CT molecular complexity index is 283. The summed E-state index contributed by atoms with van der Waals surface area (Å²) >= 11 is 1.50. The molecule has 4 nitrogen and oxygen atoms in total. The molecule has 5 heteroatoms. The van der Waals surface area contributed by atoms with Crippen LogP contribution >= 0.6 is 11.3 Å². The maximum atomic E-state index is 9.99. The fourth-order valence-corrected chi connectivity index (χ4v) is 1.70. The van der Waals surface area contributed by atoms with E-state index in [-0.39, 0.29) is 0 Å². The molecule has 1 heterocycles. The van der Waals surface area contributed by atoms with Crippen LogP contribution in [0.2, 0.25) is 0 Å². The van der Waals surface area contributed by atoms with Gasteiger partial charge in [0.1, 0.15) is 5.01 Å². The van der Waals surface area contributed by atoms with Crippen LogP contribution in [0.5, 0.6) is 0 Å². The number of aryl methyl sites for hydroxylation is 1. The van der Waals surface area contributed by atoms with E-state index in [1.54, 1.807) is 0 Å². The highest BCUT2D eigenvalue weighted by Gasteiger charge is 2.21. The molecular formula is C9H17N3OS. The van der Waals surface area contributed by atoms with Crippen LogP contribution in [0.15, 0.2) is 0 Å². The van der Waals surface area contributed by atoms with Crippen LogP contribution in [0.3, 0.4) is 0 Å². The van der Waals surface area contributed by atoms with E-state index in [1.807, 2.05) is 20.8 Å². The number of rotatable bonds is 5. The summed E-state index contributed by atoms with van der Waals surface area (Å²) in [6.07, 6.45) is 1.49. The van der Waals surface area contributed by atoms with Crippen LogP contribution in [0, 0.1) is 6.92 Å². The van der Waals surface area contributed by atoms with Crippen molar-refractivity contribution in [1.82, 2.24) is 10.2 Å². The van der Waals surface area contributed by atoms with Gasteiger partial charge in [0.15, 0.2) is 0 Å². The van der Waals surface area contributed by atoms with Gasteiger partial charge in [0.05, 0.1) is 5.60 Å². The highest BCUT2D eigenvalue weighted by Crippen LogP contribution is 2.18. The fraction of sp³-hybridized carbons (Fsp3) is 0.778. The molecule has 0 unspecified atom stereocenters. The smallest absolute Gasteiger partial charge is 0.205 e. The van der Waals surface area contributed by atoms with Gasteiger partial charge in [-0.1, -0.05) is 25.2 Å². The van der Waals surface area contributed by atoms with Gasteiger partial charge < -0.3 is 10.4 Å². The summed E-state index contributed by atoms with van der Waals surface area (Å²) < 4.78 is 0. The summed E-state index contributed by atoms with van der Waals surface area (Å²) in [5.74, 6) is 0. The van der Waals surface area contributed by atoms with Gasteiger partial charge in [-0.2, -0.15) is 0 Å². The highest BCUT2D eigenvalue weighted by molar-refractivity contribution is 7.15. The van der Waals surface area contributed by atoms with Gasteiger partial charge in [-0.15, -0.1) is 10.2 Å². The van der Waals surface area contributed by atoms with Crippen LogP contribution in [-0.4, -0.2) is 27.4 Å². The van der Waals surface area contributed by atoms with E-state index in [0.717, 1.165) is 23.0 Å². The Hall–Kier alpha value is -0.680. The lowest BCUT2D eigenvalue weighted by Crippen LogP contribution is -2.35. The van der Waals surface area contributed by atoms with E-state index < -0.39 is 5.60 Å². The SMILES string of the molecule is CCC(O)(CC)CNc1nnc(C)s1. The van der Waals surface area contributed by atoms with Crippen molar-refractivity contribution >= 4 is 16.5 Å². The number of hydrogen-bond donors (Lipinski definition) is 2. The summed E-state index contributed by atoms with van der Waals surface area (Å²) in [6.45, 7) is 6.41. The zero-order valence-corrected chi connectivity index (χ0v) is 9.69. The Morgan fingerprint density at radius 2 is 2.00 bits per heavy atom. The van der Waals surface area contributed by atoms with Crippen molar-refractivity contribution in [1.29, 1.82) is 0 Å². The van der Waals surface area contributed by atoms with Gasteiger partial charge in [-0.3, -0.25) is 0 Å². The Morgan fingerprint density at radius 1 is 1.36 bits per heavy atom. The van der Waals surface area contributed by atoms with Crippen LogP contribution in [-0.2, 0) is 0 Å². The first kappa shape index (κ1) is 11.4. The molecule has 0 aliphatic carbocycles. The molecule has 1 rings (SSSR count). The Morgan fingerprint density at radius 3 is 2.43 bits per heavy atom. The molecule has 1 aromatic heterocycles. The zero-order valence-electron chi connectivity index (χ0n) is 8.87. The molecule has 0 amide bonds. The lowest BCUT2D eigenvalue weighted by molar-refractivity contribution is 0.0457. The van der Waals surface area contributed by atoms with Gasteiger partial charge in [-0.25, -0.2) is 0 Å². The van der Waals surface area contributed by atoms with Gasteiger partial charge >= 0.3 is 0 Å². The number of anilines is 1. The highest BCUT2D eigenvalue weighted by atomic mass is 32.1. The van der Waals surface area contributed by atoms with Crippen molar-refractivity contribution in [3.05, 3.63) is 5.01 Å². The van der Waals surface area contributed by atoms with E-state index in [2.05, 4.69) is 15.5 Å². The van der Waals surface area contributed by atoms with Gasteiger partial charge in [0.25, 0.3) is 0 Å². The number of nitrogens with zero attached hydrogens (tertiary/aromatic N) is 2. The third-order valence-corrected chi connectivity index (χ3v) is 3.21. The standard InChI is InChI=1S/C9H17N3OS/c1-4-9(13,5-2)6-10-8-12-11-7(3)14-8/h13H,4-6H2,1-3H3,(H,10,12). The molecule has 0 bridgehead atoms. The molecular weight excluding hydrogens is 198 g/mol. The average Bonchev–Trinajstić information content (AvgIpc) is 2.61. The van der Waals surface area contributed by atoms with Gasteiger partial charge in [-0.05, 0) is 19.8 Å². The molecule has 1 aromatic rings. The molecule has 2 N–H and O–H groups in total. The zero-order chi connectivity index (χ0) is 10.6. The molecule has 0 aliphatic rings. The molecule has 0 spiro atoms. The normalized spacial score (nSPS) is 11.7. The largest absolute Gasteiger partial charge is 0.388 e. The van der Waals surface area contributed by atoms with Crippen molar-refractivity contribution in [2.24, 2.45) is 0 Å². The van der Waals surface area contributed by atoms with Crippen molar-refractivity contribution in [2.45, 2.75) is 39.2 Å². The summed E-state index contributed by atoms with van der Waals surface area (Å²) in [7, 11) is 0. The van der Waals surface area contributed by atoms with Crippen LogP contribution < -0.4 is 5.32 Å². The first-order valence-corrected chi connectivity index (χ1v) is 5.67. The second kappa shape index (κ2) is 4.70. The minimum Gasteiger partial charge on any atom is -0.388 e. The van der Waals surface area contributed by atoms with E-state index in [4.69, 9.17) is 0 Å². The lowest BCUT2D eigenvalue weighted by atomic mass is 9.98. The van der Waals surface area contributed by atoms with Crippen molar-refractivity contribution in [2.75, 3.05) is 11.9 Å². The predicted molar refractivity (Wildman–Crippen MR) is 58.7 cm³/mol. The van der Waals surface area contributed by atoms with Crippen LogP contribution in [0.25, 0.3) is 0 Å². The molecule has 0 fully saturated rings. The van der Waals surface area contributed by atoms with Crippen LogP contribution in [0.1, 0.15) is 31.7 Å².